The standard InChI is InChI=1S/C18H20BrN3O5/c1-10(24)22-4-3-11-7-12(8-14(19)16(11)22)20-15-13(18(26)27-2)9-21(5-6-23)17(15)25/h7-8,20,23H,3-6,9H2,1-2H3. The van der Waals surface area contributed by atoms with E-state index in [4.69, 9.17) is 9.84 Å². The molecule has 0 fully saturated rings. The molecular formula is C18H20BrN3O5. The molecule has 1 aromatic carbocycles. The summed E-state index contributed by atoms with van der Waals surface area (Å²) in [5, 5.41) is 12.2. The van der Waals surface area contributed by atoms with Crippen LogP contribution in [0.5, 0.6) is 0 Å². The van der Waals surface area contributed by atoms with Gasteiger partial charge in [0.1, 0.15) is 5.70 Å². The van der Waals surface area contributed by atoms with Gasteiger partial charge in [0.25, 0.3) is 5.91 Å². The minimum Gasteiger partial charge on any atom is -0.466 e. The van der Waals surface area contributed by atoms with Crippen molar-refractivity contribution in [2.24, 2.45) is 0 Å². The number of carbonyl (C=O) groups excluding carboxylic acids is 3. The number of fused-ring (bicyclic) bond motifs is 1. The molecule has 8 nitrogen and oxygen atoms in total. The normalized spacial score (nSPS) is 16.1. The predicted molar refractivity (Wildman–Crippen MR) is 102 cm³/mol. The lowest BCUT2D eigenvalue weighted by molar-refractivity contribution is -0.136. The van der Waals surface area contributed by atoms with Crippen LogP contribution in [-0.2, 0) is 25.5 Å². The first kappa shape index (κ1) is 19.4. The van der Waals surface area contributed by atoms with Crippen LogP contribution in [-0.4, -0.2) is 61.1 Å². The van der Waals surface area contributed by atoms with Gasteiger partial charge in [0, 0.05) is 30.2 Å². The zero-order valence-electron chi connectivity index (χ0n) is 15.0. The van der Waals surface area contributed by atoms with Gasteiger partial charge in [0.05, 0.1) is 31.5 Å². The Labute approximate surface area is 164 Å². The quantitative estimate of drug-likeness (QED) is 0.667. The van der Waals surface area contributed by atoms with E-state index in [1.807, 2.05) is 6.07 Å². The Morgan fingerprint density at radius 1 is 1.37 bits per heavy atom. The molecule has 2 aliphatic heterocycles. The number of methoxy groups -OCH3 is 1. The van der Waals surface area contributed by atoms with E-state index >= 15 is 0 Å². The van der Waals surface area contributed by atoms with E-state index in [1.165, 1.54) is 18.9 Å². The second-order valence-corrected chi connectivity index (χ2v) is 7.16. The number of aliphatic hydroxyl groups is 1. The zero-order chi connectivity index (χ0) is 19.7. The highest BCUT2D eigenvalue weighted by Crippen LogP contribution is 2.38. The van der Waals surface area contributed by atoms with Crippen LogP contribution in [0.25, 0.3) is 0 Å². The molecule has 0 saturated heterocycles. The summed E-state index contributed by atoms with van der Waals surface area (Å²) in [6.45, 7) is 2.14. The average molecular weight is 438 g/mol. The highest BCUT2D eigenvalue weighted by atomic mass is 79.9. The molecule has 0 aliphatic carbocycles. The summed E-state index contributed by atoms with van der Waals surface area (Å²) in [6.07, 6.45) is 0.705. The van der Waals surface area contributed by atoms with Crippen molar-refractivity contribution in [3.63, 3.8) is 0 Å². The van der Waals surface area contributed by atoms with E-state index in [-0.39, 0.29) is 42.8 Å². The Bertz CT molecular complexity index is 852. The number of ether oxygens (including phenoxy) is 1. The Kier molecular flexibility index (Phi) is 5.52. The van der Waals surface area contributed by atoms with Crippen LogP contribution in [0.4, 0.5) is 11.4 Å². The fraction of sp³-hybridized carbons (Fsp3) is 0.389. The second-order valence-electron chi connectivity index (χ2n) is 6.31. The SMILES string of the molecule is COC(=O)C1=C(Nc2cc(Br)c3c(c2)CCN3C(C)=O)C(=O)N(CCO)C1. The van der Waals surface area contributed by atoms with Crippen molar-refractivity contribution in [3.05, 3.63) is 33.4 Å². The molecule has 0 radical (unpaired) electrons. The largest absolute Gasteiger partial charge is 0.466 e. The van der Waals surface area contributed by atoms with Gasteiger partial charge in [-0.3, -0.25) is 9.59 Å². The summed E-state index contributed by atoms with van der Waals surface area (Å²) in [4.78, 5) is 39.5. The number of hydrogen-bond donors (Lipinski definition) is 2. The number of halogens is 1. The molecule has 1 aromatic rings. The summed E-state index contributed by atoms with van der Waals surface area (Å²) in [6, 6.07) is 3.64. The van der Waals surface area contributed by atoms with Crippen LogP contribution < -0.4 is 10.2 Å². The number of nitrogens with one attached hydrogen (secondary N) is 1. The lowest BCUT2D eigenvalue weighted by atomic mass is 10.1. The highest BCUT2D eigenvalue weighted by molar-refractivity contribution is 9.10. The van der Waals surface area contributed by atoms with E-state index in [0.29, 0.717) is 18.7 Å². The van der Waals surface area contributed by atoms with Crippen molar-refractivity contribution < 1.29 is 24.2 Å². The molecule has 144 valence electrons. The van der Waals surface area contributed by atoms with E-state index in [2.05, 4.69) is 21.2 Å². The van der Waals surface area contributed by atoms with Gasteiger partial charge in [-0.2, -0.15) is 0 Å². The maximum atomic E-state index is 12.6. The van der Waals surface area contributed by atoms with Crippen LogP contribution in [0, 0.1) is 0 Å². The first-order valence-corrected chi connectivity index (χ1v) is 9.25. The molecule has 0 atom stereocenters. The number of hydrogen-bond acceptors (Lipinski definition) is 6. The summed E-state index contributed by atoms with van der Waals surface area (Å²) < 4.78 is 5.51. The lowest BCUT2D eigenvalue weighted by Crippen LogP contribution is -2.31. The maximum absolute atomic E-state index is 12.6. The van der Waals surface area contributed by atoms with Gasteiger partial charge in [0.15, 0.2) is 0 Å². The van der Waals surface area contributed by atoms with Crippen LogP contribution in [0.1, 0.15) is 12.5 Å². The van der Waals surface area contributed by atoms with E-state index in [1.54, 1.807) is 11.0 Å². The summed E-state index contributed by atoms with van der Waals surface area (Å²) in [5.74, 6) is -0.989. The maximum Gasteiger partial charge on any atom is 0.337 e. The van der Waals surface area contributed by atoms with Crippen LogP contribution in [0.15, 0.2) is 27.9 Å². The number of anilines is 2. The van der Waals surface area contributed by atoms with Crippen molar-refractivity contribution in [1.29, 1.82) is 0 Å². The number of rotatable bonds is 5. The first-order valence-electron chi connectivity index (χ1n) is 8.46. The second kappa shape index (κ2) is 7.69. The van der Waals surface area contributed by atoms with E-state index in [9.17, 15) is 14.4 Å². The van der Waals surface area contributed by atoms with Gasteiger partial charge >= 0.3 is 5.97 Å². The van der Waals surface area contributed by atoms with Crippen molar-refractivity contribution in [2.75, 3.05) is 43.6 Å². The highest BCUT2D eigenvalue weighted by Gasteiger charge is 2.35. The van der Waals surface area contributed by atoms with Crippen LogP contribution in [0.2, 0.25) is 0 Å². The lowest BCUT2D eigenvalue weighted by Gasteiger charge is -2.18. The summed E-state index contributed by atoms with van der Waals surface area (Å²) >= 11 is 3.50. The van der Waals surface area contributed by atoms with Crippen molar-refractivity contribution in [1.82, 2.24) is 4.90 Å². The number of amides is 2. The van der Waals surface area contributed by atoms with Crippen molar-refractivity contribution in [2.45, 2.75) is 13.3 Å². The Morgan fingerprint density at radius 3 is 2.74 bits per heavy atom. The molecule has 9 heteroatoms. The molecule has 0 spiro atoms. The Balaban J connectivity index is 1.94. The molecule has 2 heterocycles. The van der Waals surface area contributed by atoms with Gasteiger partial charge < -0.3 is 25.0 Å². The molecule has 2 aliphatic rings. The number of β-amino-alcohol motifs (C(OH)–C–C–N with tert-alkyl or cyclic N) is 1. The smallest absolute Gasteiger partial charge is 0.337 e. The topological polar surface area (TPSA) is 99.2 Å². The molecule has 3 rings (SSSR count). The molecule has 2 amide bonds. The molecule has 0 unspecified atom stereocenters. The van der Waals surface area contributed by atoms with Crippen molar-refractivity contribution in [3.8, 4) is 0 Å². The van der Waals surface area contributed by atoms with Gasteiger partial charge in [-0.25, -0.2) is 4.79 Å². The molecule has 0 aromatic heterocycles. The van der Waals surface area contributed by atoms with Gasteiger partial charge in [-0.05, 0) is 40.0 Å². The average Bonchev–Trinajstić information content (AvgIpc) is 3.18. The third-order valence-electron chi connectivity index (χ3n) is 4.62. The minimum atomic E-state index is -0.589. The predicted octanol–water partition coefficient (Wildman–Crippen LogP) is 1.03. The van der Waals surface area contributed by atoms with Gasteiger partial charge in [-0.1, -0.05) is 0 Å². The van der Waals surface area contributed by atoms with E-state index < -0.39 is 5.97 Å². The molecule has 0 saturated carbocycles. The fourth-order valence-electron chi connectivity index (χ4n) is 3.37. The molecule has 27 heavy (non-hydrogen) atoms. The number of nitrogens with zero attached hydrogens (tertiary/aromatic N) is 2. The zero-order valence-corrected chi connectivity index (χ0v) is 16.6. The molecular weight excluding hydrogens is 418 g/mol. The first-order chi connectivity index (χ1) is 12.9. The molecule has 0 bridgehead atoms. The summed E-state index contributed by atoms with van der Waals surface area (Å²) in [5.41, 5.74) is 2.79. The molecule has 2 N–H and O–H groups in total. The van der Waals surface area contributed by atoms with Gasteiger partial charge in [-0.15, -0.1) is 0 Å². The Morgan fingerprint density at radius 2 is 2.11 bits per heavy atom. The third-order valence-corrected chi connectivity index (χ3v) is 5.22. The third kappa shape index (κ3) is 3.57. The summed E-state index contributed by atoms with van der Waals surface area (Å²) in [7, 11) is 1.26. The van der Waals surface area contributed by atoms with Crippen LogP contribution >= 0.6 is 15.9 Å². The Hall–Kier alpha value is -2.39. The number of carbonyl (C=O) groups is 3. The fourth-order valence-corrected chi connectivity index (χ4v) is 4.09. The number of aliphatic hydroxyl groups excluding tert-OH is 1. The number of esters is 1. The minimum absolute atomic E-state index is 0.0311. The van der Waals surface area contributed by atoms with E-state index in [0.717, 1.165) is 15.7 Å². The van der Waals surface area contributed by atoms with Crippen molar-refractivity contribution >= 4 is 45.1 Å². The van der Waals surface area contributed by atoms with Gasteiger partial charge in [0.2, 0.25) is 5.91 Å². The monoisotopic (exact) mass is 437 g/mol. The number of benzene rings is 1. The van der Waals surface area contributed by atoms with Crippen LogP contribution in [0.3, 0.4) is 0 Å².